The lowest BCUT2D eigenvalue weighted by Gasteiger charge is -2.16. The summed E-state index contributed by atoms with van der Waals surface area (Å²) in [6, 6.07) is 13.9. The van der Waals surface area contributed by atoms with Gasteiger partial charge in [0, 0.05) is 12.5 Å². The zero-order valence-corrected chi connectivity index (χ0v) is 12.3. The van der Waals surface area contributed by atoms with Gasteiger partial charge in [0.2, 0.25) is 0 Å². The molecule has 3 rings (SSSR count). The zero-order valence-electron chi connectivity index (χ0n) is 12.3. The molecule has 1 N–H and O–H groups in total. The van der Waals surface area contributed by atoms with Crippen molar-refractivity contribution in [3.63, 3.8) is 0 Å². The third-order valence-corrected chi connectivity index (χ3v) is 3.64. The lowest BCUT2D eigenvalue weighted by molar-refractivity contribution is 0.246. The van der Waals surface area contributed by atoms with Crippen LogP contribution in [0.2, 0.25) is 0 Å². The van der Waals surface area contributed by atoms with E-state index in [1.165, 1.54) is 5.56 Å². The largest absolute Gasteiger partial charge is 0.497 e. The standard InChI is InChI=1S/C17H19NO3/c1-19-13-7-8-17(20-2)15(10-13)18-11-14-9-12-5-3-4-6-16(12)21-14/h3-8,10,14,18H,9,11H2,1-2H3. The lowest BCUT2D eigenvalue weighted by Crippen LogP contribution is -2.24. The summed E-state index contributed by atoms with van der Waals surface area (Å²) in [7, 11) is 3.32. The van der Waals surface area contributed by atoms with Gasteiger partial charge in [-0.15, -0.1) is 0 Å². The Kier molecular flexibility index (Phi) is 3.86. The second kappa shape index (κ2) is 5.95. The molecule has 0 saturated carbocycles. The number of hydrogen-bond acceptors (Lipinski definition) is 4. The van der Waals surface area contributed by atoms with E-state index in [1.54, 1.807) is 14.2 Å². The minimum absolute atomic E-state index is 0.137. The van der Waals surface area contributed by atoms with Gasteiger partial charge in [0.25, 0.3) is 0 Å². The number of para-hydroxylation sites is 1. The van der Waals surface area contributed by atoms with E-state index in [0.29, 0.717) is 0 Å². The van der Waals surface area contributed by atoms with Crippen molar-refractivity contribution in [2.75, 3.05) is 26.1 Å². The van der Waals surface area contributed by atoms with Crippen LogP contribution >= 0.6 is 0 Å². The van der Waals surface area contributed by atoms with Crippen LogP contribution in [-0.4, -0.2) is 26.9 Å². The number of hydrogen-bond donors (Lipinski definition) is 1. The van der Waals surface area contributed by atoms with Crippen molar-refractivity contribution in [3.8, 4) is 17.2 Å². The topological polar surface area (TPSA) is 39.7 Å². The minimum Gasteiger partial charge on any atom is -0.497 e. The van der Waals surface area contributed by atoms with Gasteiger partial charge in [0.05, 0.1) is 26.5 Å². The molecule has 0 spiro atoms. The Morgan fingerprint density at radius 3 is 2.76 bits per heavy atom. The van der Waals surface area contributed by atoms with Crippen LogP contribution in [0.1, 0.15) is 5.56 Å². The molecule has 1 aliphatic heterocycles. The fourth-order valence-corrected chi connectivity index (χ4v) is 2.54. The molecule has 2 aromatic carbocycles. The van der Waals surface area contributed by atoms with Gasteiger partial charge in [0.1, 0.15) is 23.4 Å². The first kappa shape index (κ1) is 13.6. The van der Waals surface area contributed by atoms with Crippen LogP contribution < -0.4 is 19.5 Å². The van der Waals surface area contributed by atoms with Crippen LogP contribution in [0, 0.1) is 0 Å². The first-order chi connectivity index (χ1) is 10.3. The highest BCUT2D eigenvalue weighted by Crippen LogP contribution is 2.31. The third kappa shape index (κ3) is 2.89. The number of anilines is 1. The van der Waals surface area contributed by atoms with E-state index < -0.39 is 0 Å². The summed E-state index contributed by atoms with van der Waals surface area (Å²) in [6.45, 7) is 0.720. The molecule has 21 heavy (non-hydrogen) atoms. The number of fused-ring (bicyclic) bond motifs is 1. The molecule has 0 aliphatic carbocycles. The van der Waals surface area contributed by atoms with E-state index in [1.807, 2.05) is 36.4 Å². The Morgan fingerprint density at radius 2 is 2.00 bits per heavy atom. The maximum absolute atomic E-state index is 5.92. The van der Waals surface area contributed by atoms with Crippen LogP contribution in [0.15, 0.2) is 42.5 Å². The molecular weight excluding hydrogens is 266 g/mol. The van der Waals surface area contributed by atoms with Crippen molar-refractivity contribution >= 4 is 5.69 Å². The van der Waals surface area contributed by atoms with Crippen LogP contribution in [0.4, 0.5) is 5.69 Å². The molecule has 4 nitrogen and oxygen atoms in total. The Labute approximate surface area is 124 Å². The number of ether oxygens (including phenoxy) is 3. The van der Waals surface area contributed by atoms with E-state index >= 15 is 0 Å². The van der Waals surface area contributed by atoms with E-state index in [0.717, 1.165) is 35.9 Å². The summed E-state index contributed by atoms with van der Waals surface area (Å²) in [6.07, 6.45) is 1.06. The van der Waals surface area contributed by atoms with Crippen LogP contribution in [0.3, 0.4) is 0 Å². The maximum Gasteiger partial charge on any atom is 0.142 e. The van der Waals surface area contributed by atoms with Gasteiger partial charge in [-0.1, -0.05) is 18.2 Å². The molecule has 0 amide bonds. The summed E-state index contributed by atoms with van der Waals surface area (Å²) in [5.74, 6) is 2.59. The van der Waals surface area contributed by atoms with Crippen molar-refractivity contribution in [3.05, 3.63) is 48.0 Å². The Morgan fingerprint density at radius 1 is 1.14 bits per heavy atom. The number of methoxy groups -OCH3 is 2. The molecule has 1 aliphatic rings. The van der Waals surface area contributed by atoms with E-state index in [9.17, 15) is 0 Å². The van der Waals surface area contributed by atoms with Gasteiger partial charge >= 0.3 is 0 Å². The monoisotopic (exact) mass is 285 g/mol. The lowest BCUT2D eigenvalue weighted by atomic mass is 10.1. The summed E-state index contributed by atoms with van der Waals surface area (Å²) in [5, 5.41) is 3.39. The summed E-state index contributed by atoms with van der Waals surface area (Å²) in [5.41, 5.74) is 2.18. The molecule has 0 aromatic heterocycles. The molecular formula is C17H19NO3. The fourth-order valence-electron chi connectivity index (χ4n) is 2.54. The Bertz CT molecular complexity index is 602. The first-order valence-corrected chi connectivity index (χ1v) is 7.00. The molecule has 4 heteroatoms. The van der Waals surface area contributed by atoms with E-state index in [4.69, 9.17) is 14.2 Å². The highest BCUT2D eigenvalue weighted by Gasteiger charge is 2.22. The second-order valence-corrected chi connectivity index (χ2v) is 5.00. The normalized spacial score (nSPS) is 16.0. The maximum atomic E-state index is 5.92. The van der Waals surface area contributed by atoms with Crippen LogP contribution in [-0.2, 0) is 6.42 Å². The molecule has 1 unspecified atom stereocenters. The van der Waals surface area contributed by atoms with E-state index in [2.05, 4.69) is 11.4 Å². The average Bonchev–Trinajstić information content (AvgIpc) is 2.95. The van der Waals surface area contributed by atoms with Gasteiger partial charge < -0.3 is 19.5 Å². The molecule has 0 bridgehead atoms. The number of rotatable bonds is 5. The van der Waals surface area contributed by atoms with Crippen molar-refractivity contribution < 1.29 is 14.2 Å². The van der Waals surface area contributed by atoms with Gasteiger partial charge in [0.15, 0.2) is 0 Å². The quantitative estimate of drug-likeness (QED) is 0.916. The smallest absolute Gasteiger partial charge is 0.142 e. The van der Waals surface area contributed by atoms with E-state index in [-0.39, 0.29) is 6.10 Å². The molecule has 110 valence electrons. The predicted molar refractivity (Wildman–Crippen MR) is 82.6 cm³/mol. The summed E-state index contributed by atoms with van der Waals surface area (Å²) in [4.78, 5) is 0. The van der Waals surface area contributed by atoms with Crippen molar-refractivity contribution in [1.29, 1.82) is 0 Å². The van der Waals surface area contributed by atoms with Gasteiger partial charge in [-0.25, -0.2) is 0 Å². The van der Waals surface area contributed by atoms with Gasteiger partial charge in [-0.3, -0.25) is 0 Å². The minimum atomic E-state index is 0.137. The Balaban J connectivity index is 1.66. The molecule has 1 heterocycles. The number of nitrogens with one attached hydrogen (secondary N) is 1. The second-order valence-electron chi connectivity index (χ2n) is 5.00. The molecule has 0 radical (unpaired) electrons. The highest BCUT2D eigenvalue weighted by molar-refractivity contribution is 5.60. The van der Waals surface area contributed by atoms with Gasteiger partial charge in [-0.2, -0.15) is 0 Å². The van der Waals surface area contributed by atoms with Crippen LogP contribution in [0.5, 0.6) is 17.2 Å². The zero-order chi connectivity index (χ0) is 14.7. The molecule has 1 atom stereocenters. The SMILES string of the molecule is COc1ccc(OC)c(NCC2Cc3ccccc3O2)c1. The highest BCUT2D eigenvalue weighted by atomic mass is 16.5. The number of benzene rings is 2. The predicted octanol–water partition coefficient (Wildman–Crippen LogP) is 3.12. The fraction of sp³-hybridized carbons (Fsp3) is 0.294. The van der Waals surface area contributed by atoms with Crippen molar-refractivity contribution in [2.45, 2.75) is 12.5 Å². The summed E-state index contributed by atoms with van der Waals surface area (Å²) >= 11 is 0. The van der Waals surface area contributed by atoms with Gasteiger partial charge in [-0.05, 0) is 23.8 Å². The average molecular weight is 285 g/mol. The summed E-state index contributed by atoms with van der Waals surface area (Å²) < 4.78 is 16.5. The third-order valence-electron chi connectivity index (χ3n) is 3.64. The Hall–Kier alpha value is -2.36. The van der Waals surface area contributed by atoms with Crippen molar-refractivity contribution in [1.82, 2.24) is 0 Å². The molecule has 0 fully saturated rings. The van der Waals surface area contributed by atoms with Crippen molar-refractivity contribution in [2.24, 2.45) is 0 Å². The van der Waals surface area contributed by atoms with Crippen LogP contribution in [0.25, 0.3) is 0 Å². The first-order valence-electron chi connectivity index (χ1n) is 7.00. The molecule has 2 aromatic rings. The molecule has 0 saturated heterocycles.